The van der Waals surface area contributed by atoms with Crippen LogP contribution in [0.3, 0.4) is 0 Å². The van der Waals surface area contributed by atoms with E-state index in [9.17, 15) is 13.2 Å². The highest BCUT2D eigenvalue weighted by atomic mass is 32.2. The lowest BCUT2D eigenvalue weighted by Crippen LogP contribution is -2.43. The van der Waals surface area contributed by atoms with Crippen molar-refractivity contribution in [3.8, 4) is 11.1 Å². The number of rotatable bonds is 5. The molecule has 0 spiro atoms. The summed E-state index contributed by atoms with van der Waals surface area (Å²) in [5, 5.41) is 0. The van der Waals surface area contributed by atoms with Gasteiger partial charge in [-0.2, -0.15) is 0 Å². The van der Waals surface area contributed by atoms with Crippen molar-refractivity contribution in [1.82, 2.24) is 4.90 Å². The van der Waals surface area contributed by atoms with Crippen molar-refractivity contribution in [2.24, 2.45) is 0 Å². The van der Waals surface area contributed by atoms with Crippen molar-refractivity contribution >= 4 is 15.7 Å². The van der Waals surface area contributed by atoms with E-state index in [1.807, 2.05) is 47.4 Å². The molecule has 2 aliphatic rings. The normalized spacial score (nSPS) is 21.5. The summed E-state index contributed by atoms with van der Waals surface area (Å²) in [4.78, 5) is 14.7. The van der Waals surface area contributed by atoms with Crippen molar-refractivity contribution < 1.29 is 13.2 Å². The maximum Gasteiger partial charge on any atom is 0.227 e. The van der Waals surface area contributed by atoms with E-state index in [1.54, 1.807) is 0 Å². The second-order valence-electron chi connectivity index (χ2n) is 7.33. The number of sulfone groups is 1. The van der Waals surface area contributed by atoms with Crippen molar-refractivity contribution in [2.45, 2.75) is 37.8 Å². The molecule has 26 heavy (non-hydrogen) atoms. The Balaban J connectivity index is 1.46. The highest BCUT2D eigenvalue weighted by Crippen LogP contribution is 2.33. The molecule has 5 heteroatoms. The van der Waals surface area contributed by atoms with Crippen molar-refractivity contribution in [2.75, 3.05) is 11.5 Å². The third kappa shape index (κ3) is 3.83. The minimum Gasteiger partial charge on any atom is -0.335 e. The SMILES string of the molecule is O=C(Cc1ccc(-c2ccccc2)cc1)N(C1CC1)[C@H]1CCS(=O)(=O)C1. The summed E-state index contributed by atoms with van der Waals surface area (Å²) in [7, 11) is -2.98. The second kappa shape index (κ2) is 6.88. The minimum atomic E-state index is -2.98. The van der Waals surface area contributed by atoms with Crippen LogP contribution in [0.1, 0.15) is 24.8 Å². The van der Waals surface area contributed by atoms with Crippen LogP contribution in [0.2, 0.25) is 0 Å². The highest BCUT2D eigenvalue weighted by molar-refractivity contribution is 7.91. The maximum atomic E-state index is 12.9. The van der Waals surface area contributed by atoms with Gasteiger partial charge in [-0.05, 0) is 36.0 Å². The van der Waals surface area contributed by atoms with Gasteiger partial charge in [-0.1, -0.05) is 54.6 Å². The molecule has 136 valence electrons. The highest BCUT2D eigenvalue weighted by Gasteiger charge is 2.41. The largest absolute Gasteiger partial charge is 0.335 e. The Morgan fingerprint density at radius 3 is 2.12 bits per heavy atom. The van der Waals surface area contributed by atoms with Crippen LogP contribution >= 0.6 is 0 Å². The first-order valence-corrected chi connectivity index (χ1v) is 11.0. The maximum absolute atomic E-state index is 12.9. The van der Waals surface area contributed by atoms with Gasteiger partial charge in [0.1, 0.15) is 0 Å². The zero-order valence-corrected chi connectivity index (χ0v) is 15.5. The minimum absolute atomic E-state index is 0.0575. The van der Waals surface area contributed by atoms with E-state index < -0.39 is 9.84 Å². The molecule has 4 rings (SSSR count). The van der Waals surface area contributed by atoms with Gasteiger partial charge in [-0.25, -0.2) is 8.42 Å². The third-order valence-electron chi connectivity index (χ3n) is 5.25. The van der Waals surface area contributed by atoms with Crippen LogP contribution in [0.4, 0.5) is 0 Å². The van der Waals surface area contributed by atoms with Gasteiger partial charge in [0.05, 0.1) is 17.9 Å². The lowest BCUT2D eigenvalue weighted by Gasteiger charge is -2.28. The van der Waals surface area contributed by atoms with Crippen LogP contribution in [-0.2, 0) is 21.1 Å². The summed E-state index contributed by atoms with van der Waals surface area (Å²) < 4.78 is 23.6. The molecule has 1 amide bonds. The van der Waals surface area contributed by atoms with E-state index in [0.29, 0.717) is 12.8 Å². The van der Waals surface area contributed by atoms with Gasteiger partial charge in [-0.3, -0.25) is 4.79 Å². The van der Waals surface area contributed by atoms with Gasteiger partial charge in [0, 0.05) is 12.1 Å². The Labute approximate surface area is 154 Å². The van der Waals surface area contributed by atoms with Crippen LogP contribution in [0.25, 0.3) is 11.1 Å². The van der Waals surface area contributed by atoms with E-state index >= 15 is 0 Å². The average Bonchev–Trinajstić information content (AvgIpc) is 3.39. The predicted octanol–water partition coefficient (Wildman–Crippen LogP) is 3.07. The molecule has 2 fully saturated rings. The molecule has 1 atom stereocenters. The third-order valence-corrected chi connectivity index (χ3v) is 7.00. The van der Waals surface area contributed by atoms with Crippen LogP contribution in [0, 0.1) is 0 Å². The van der Waals surface area contributed by atoms with Gasteiger partial charge in [0.25, 0.3) is 0 Å². The fraction of sp³-hybridized carbons (Fsp3) is 0.381. The Morgan fingerprint density at radius 2 is 1.54 bits per heavy atom. The molecule has 4 nitrogen and oxygen atoms in total. The number of carbonyl (C=O) groups is 1. The smallest absolute Gasteiger partial charge is 0.227 e. The van der Waals surface area contributed by atoms with Crippen molar-refractivity contribution in [3.05, 3.63) is 60.2 Å². The molecule has 0 N–H and O–H groups in total. The summed E-state index contributed by atoms with van der Waals surface area (Å²) in [6.45, 7) is 0. The summed E-state index contributed by atoms with van der Waals surface area (Å²) in [5.74, 6) is 0.393. The quantitative estimate of drug-likeness (QED) is 0.814. The number of benzene rings is 2. The average molecular weight is 369 g/mol. The van der Waals surface area contributed by atoms with Gasteiger partial charge in [-0.15, -0.1) is 0 Å². The summed E-state index contributed by atoms with van der Waals surface area (Å²) in [6.07, 6.45) is 2.91. The molecule has 1 saturated carbocycles. The van der Waals surface area contributed by atoms with E-state index in [-0.39, 0.29) is 29.5 Å². The molecular formula is C21H23NO3S. The van der Waals surface area contributed by atoms with Crippen LogP contribution in [0.15, 0.2) is 54.6 Å². The van der Waals surface area contributed by atoms with Gasteiger partial charge in [0.2, 0.25) is 5.91 Å². The lowest BCUT2D eigenvalue weighted by molar-refractivity contribution is -0.133. The first-order valence-electron chi connectivity index (χ1n) is 9.18. The van der Waals surface area contributed by atoms with Gasteiger partial charge < -0.3 is 4.90 Å². The number of carbonyl (C=O) groups excluding carboxylic acids is 1. The zero-order valence-electron chi connectivity index (χ0n) is 14.7. The van der Waals surface area contributed by atoms with Gasteiger partial charge in [0.15, 0.2) is 9.84 Å². The van der Waals surface area contributed by atoms with Crippen molar-refractivity contribution in [3.63, 3.8) is 0 Å². The van der Waals surface area contributed by atoms with Crippen LogP contribution in [-0.4, -0.2) is 42.8 Å². The van der Waals surface area contributed by atoms with E-state index in [2.05, 4.69) is 12.1 Å². The Morgan fingerprint density at radius 1 is 0.885 bits per heavy atom. The molecule has 1 saturated heterocycles. The standard InChI is InChI=1S/C21H23NO3S/c23-21(22(19-10-11-19)20-12-13-26(24,25)15-20)14-16-6-8-18(9-7-16)17-4-2-1-3-5-17/h1-9,19-20H,10-15H2/t20-/m0/s1. The van der Waals surface area contributed by atoms with Crippen molar-refractivity contribution in [1.29, 1.82) is 0 Å². The Kier molecular flexibility index (Phi) is 4.57. The number of amides is 1. The molecule has 1 aliphatic heterocycles. The summed E-state index contributed by atoms with van der Waals surface area (Å²) in [6, 6.07) is 18.3. The first-order chi connectivity index (χ1) is 12.5. The fourth-order valence-electron chi connectivity index (χ4n) is 3.76. The summed E-state index contributed by atoms with van der Waals surface area (Å²) >= 11 is 0. The predicted molar refractivity (Wildman–Crippen MR) is 103 cm³/mol. The molecule has 0 radical (unpaired) electrons. The topological polar surface area (TPSA) is 54.5 Å². The monoisotopic (exact) mass is 369 g/mol. The fourth-order valence-corrected chi connectivity index (χ4v) is 5.48. The molecule has 2 aromatic carbocycles. The molecule has 2 aromatic rings. The van der Waals surface area contributed by atoms with Crippen LogP contribution < -0.4 is 0 Å². The molecule has 0 aromatic heterocycles. The second-order valence-corrected chi connectivity index (χ2v) is 9.56. The van der Waals surface area contributed by atoms with E-state index in [0.717, 1.165) is 29.5 Å². The zero-order chi connectivity index (χ0) is 18.1. The molecule has 1 aliphatic carbocycles. The first kappa shape index (κ1) is 17.3. The molecular weight excluding hydrogens is 346 g/mol. The number of hydrogen-bond acceptors (Lipinski definition) is 3. The summed E-state index contributed by atoms with van der Waals surface area (Å²) in [5.41, 5.74) is 3.25. The lowest BCUT2D eigenvalue weighted by atomic mass is 10.0. The molecule has 1 heterocycles. The molecule has 0 unspecified atom stereocenters. The molecule has 0 bridgehead atoms. The Hall–Kier alpha value is -2.14. The van der Waals surface area contributed by atoms with E-state index in [1.165, 1.54) is 0 Å². The number of nitrogens with zero attached hydrogens (tertiary/aromatic N) is 1. The Bertz CT molecular complexity index is 887. The number of hydrogen-bond donors (Lipinski definition) is 0. The van der Waals surface area contributed by atoms with Gasteiger partial charge >= 0.3 is 0 Å². The van der Waals surface area contributed by atoms with E-state index in [4.69, 9.17) is 0 Å². The van der Waals surface area contributed by atoms with Crippen LogP contribution in [0.5, 0.6) is 0 Å².